The molecule has 0 aliphatic carbocycles. The molecule has 12 rings (SSSR count). The van der Waals surface area contributed by atoms with Gasteiger partial charge in [-0.05, 0) is 119 Å². The number of fused-ring (bicyclic) bond motifs is 10. The molecule has 0 radical (unpaired) electrons. The highest BCUT2D eigenvalue weighted by Gasteiger charge is 2.19. The van der Waals surface area contributed by atoms with Crippen molar-refractivity contribution in [3.63, 3.8) is 0 Å². The van der Waals surface area contributed by atoms with Crippen LogP contribution in [0.5, 0.6) is 0 Å². The lowest BCUT2D eigenvalue weighted by atomic mass is 9.85. The van der Waals surface area contributed by atoms with Crippen molar-refractivity contribution in [1.29, 1.82) is 0 Å². The third kappa shape index (κ3) is 4.69. The lowest BCUT2D eigenvalue weighted by Crippen LogP contribution is -1.91. The molecule has 0 saturated carbocycles. The second kappa shape index (κ2) is 12.0. The number of hydrogen-bond donors (Lipinski definition) is 0. The van der Waals surface area contributed by atoms with Crippen LogP contribution in [0.25, 0.3) is 121 Å². The van der Waals surface area contributed by atoms with Crippen LogP contribution in [-0.4, -0.2) is 0 Å². The molecular weight excluding hydrogens is 681 g/mol. The van der Waals surface area contributed by atoms with E-state index in [-0.39, 0.29) is 16.2 Å². The van der Waals surface area contributed by atoms with Crippen LogP contribution in [0.2, 0.25) is 0 Å². The number of benzene rings is 10. The molecule has 260 valence electrons. The predicted molar refractivity (Wildman–Crippen MR) is 235 cm³/mol. The topological polar surface area (TPSA) is 26.3 Å². The highest BCUT2D eigenvalue weighted by molar-refractivity contribution is 6.26. The van der Waals surface area contributed by atoms with Crippen LogP contribution < -0.4 is 0 Å². The average molecular weight is 745 g/mol. The molecule has 0 unspecified atom stereocenters. The number of hydrogen-bond acceptors (Lipinski definition) is 2. The first kappa shape index (κ1) is 13.1. The Balaban J connectivity index is 1.23. The third-order valence-electron chi connectivity index (χ3n) is 9.21. The summed E-state index contributed by atoms with van der Waals surface area (Å²) in [6.45, 7) is 0. The van der Waals surface area contributed by atoms with Crippen molar-refractivity contribution in [1.82, 2.24) is 0 Å². The minimum atomic E-state index is -1.15. The molecule has 0 aliphatic rings. The largest absolute Gasteiger partial charge is 0.456 e. The van der Waals surface area contributed by atoms with Crippen molar-refractivity contribution >= 4 is 76.2 Å². The molecule has 10 aromatic carbocycles. The van der Waals surface area contributed by atoms with E-state index in [2.05, 4.69) is 0 Å². The van der Waals surface area contributed by atoms with Crippen molar-refractivity contribution in [2.24, 2.45) is 0 Å². The fraction of sp³-hybridized carbons (Fsp3) is 0. The van der Waals surface area contributed by atoms with Gasteiger partial charge in [0.25, 0.3) is 0 Å². The third-order valence-corrected chi connectivity index (χ3v) is 9.21. The Hall–Kier alpha value is -7.42. The maximum absolute atomic E-state index is 9.98. The van der Waals surface area contributed by atoms with Gasteiger partial charge < -0.3 is 8.83 Å². The second-order valence-electron chi connectivity index (χ2n) is 12.3. The van der Waals surface area contributed by atoms with Crippen LogP contribution in [0, 0.1) is 0 Å². The zero-order valence-electron chi connectivity index (χ0n) is 59.8. The van der Waals surface area contributed by atoms with Crippen molar-refractivity contribution < 1.29 is 52.7 Å². The molecule has 0 amide bonds. The zero-order valence-corrected chi connectivity index (χ0v) is 27.8. The zero-order chi connectivity index (χ0) is 64.6. The van der Waals surface area contributed by atoms with E-state index in [1.165, 1.54) is 0 Å². The second-order valence-corrected chi connectivity index (χ2v) is 12.3. The number of furan rings is 2. The van der Waals surface area contributed by atoms with Gasteiger partial charge in [0.2, 0.25) is 0 Å². The summed E-state index contributed by atoms with van der Waals surface area (Å²) in [6.07, 6.45) is 0. The maximum atomic E-state index is 9.98. The molecule has 0 fully saturated rings. The Labute approximate surface area is 367 Å². The molecule has 0 aliphatic heterocycles. The number of rotatable bonds is 4. The van der Waals surface area contributed by atoms with Crippen LogP contribution >= 0.6 is 0 Å². The van der Waals surface area contributed by atoms with Crippen molar-refractivity contribution in [2.45, 2.75) is 0 Å². The Morgan fingerprint density at radius 2 is 0.750 bits per heavy atom. The molecule has 56 heavy (non-hydrogen) atoms. The Morgan fingerprint density at radius 3 is 1.46 bits per heavy atom. The van der Waals surface area contributed by atoms with Gasteiger partial charge in [-0.1, -0.05) is 151 Å². The Morgan fingerprint density at radius 1 is 0.268 bits per heavy atom. The van der Waals surface area contributed by atoms with E-state index in [0.29, 0.717) is 0 Å². The first-order chi connectivity index (χ1) is 41.1. The van der Waals surface area contributed by atoms with Gasteiger partial charge in [0.1, 0.15) is 22.3 Å². The minimum Gasteiger partial charge on any atom is -0.456 e. The van der Waals surface area contributed by atoms with Gasteiger partial charge in [0.15, 0.2) is 0 Å². The quantitative estimate of drug-likeness (QED) is 0.168. The lowest BCUT2D eigenvalue weighted by Gasteiger charge is -2.18. The van der Waals surface area contributed by atoms with E-state index < -0.39 is 298 Å². The van der Waals surface area contributed by atoms with Gasteiger partial charge in [-0.25, -0.2) is 0 Å². The van der Waals surface area contributed by atoms with Crippen molar-refractivity contribution in [3.8, 4) is 44.5 Å². The Bertz CT molecular complexity index is 5300. The van der Waals surface area contributed by atoms with E-state index in [9.17, 15) is 20.6 Å². The lowest BCUT2D eigenvalue weighted by molar-refractivity contribution is 0.663. The molecule has 12 aromatic rings. The van der Waals surface area contributed by atoms with Gasteiger partial charge in [-0.15, -0.1) is 0 Å². The SMILES string of the molecule is [2H]c1c([2H])c(-c2c([2H])c([2H])c3c(oc4c([2H])c([2H])c5oc6c([2H])c([2H])c([2H])c([2H])c6c5c43)c2[2H])c([2H])c(-c2c3c([2H])c([2H])c([2H])c([2H])c3c(-c3c([2H])c([2H])c(-c4c([2H])c([2H])c5c([2H])c([2H])c([2H])c([2H])c5c4[2H])c([2H])c3[2H])c3c([2H])c([2H])c([2H])c([2H])c23)c1[2H]. The molecule has 0 N–H and O–H groups in total. The fourth-order valence-corrected chi connectivity index (χ4v) is 6.81. The van der Waals surface area contributed by atoms with Crippen LogP contribution in [-0.2, 0) is 0 Å². The van der Waals surface area contributed by atoms with Gasteiger partial charge in [-0.2, -0.15) is 0 Å². The molecule has 2 nitrogen and oxygen atoms in total. The highest BCUT2D eigenvalue weighted by atomic mass is 16.3. The van der Waals surface area contributed by atoms with Crippen LogP contribution in [0.1, 0.15) is 43.9 Å². The predicted octanol–water partition coefficient (Wildman–Crippen LogP) is 15.6. The summed E-state index contributed by atoms with van der Waals surface area (Å²) in [5.74, 6) is 0. The van der Waals surface area contributed by atoms with Crippen LogP contribution in [0.3, 0.4) is 0 Å². The molecule has 0 bridgehead atoms. The summed E-state index contributed by atoms with van der Waals surface area (Å²) in [4.78, 5) is 0. The molecule has 0 atom stereocenters. The van der Waals surface area contributed by atoms with E-state index in [4.69, 9.17) is 32.1 Å². The molecule has 0 saturated heterocycles. The van der Waals surface area contributed by atoms with Gasteiger partial charge in [-0.3, -0.25) is 0 Å². The molecular formula is C54H32O2. The van der Waals surface area contributed by atoms with Gasteiger partial charge in [0, 0.05) is 21.5 Å². The summed E-state index contributed by atoms with van der Waals surface area (Å²) >= 11 is 0. The standard InChI is InChI=1S/C54H32O2/c1-2-11-36-30-38(25-22-33(36)10-1)34-20-23-35(24-21-34)51-41-14-3-5-16-43(41)52(44-17-6-4-15-42(44)51)40-13-9-12-37(31-40)39-26-27-46-50(32-39)56-49-29-28-48-53(54(46)49)45-18-7-8-19-47(45)55-48/h1-32H/i1D,2D,3D,4D,5D,6D,7D,8D,9D,10D,11D,12D,13D,14D,15D,16D,17D,18D,19D,20D,21D,22D,23D,24D,25D,26D,27D,28D,29D,30D,31D,32D. The minimum absolute atomic E-state index is 0.258. The maximum Gasteiger partial charge on any atom is 0.136 e. The first-order valence-corrected chi connectivity index (χ1v) is 16.6. The van der Waals surface area contributed by atoms with Gasteiger partial charge >= 0.3 is 0 Å². The van der Waals surface area contributed by atoms with Crippen LogP contribution in [0.15, 0.2) is 202 Å². The first-order valence-electron chi connectivity index (χ1n) is 32.6. The van der Waals surface area contributed by atoms with E-state index >= 15 is 0 Å². The van der Waals surface area contributed by atoms with E-state index in [1.807, 2.05) is 0 Å². The van der Waals surface area contributed by atoms with Gasteiger partial charge in [0.05, 0.1) is 43.9 Å². The molecule has 2 aromatic heterocycles. The Kier molecular flexibility index (Phi) is 2.82. The number of para-hydroxylation sites is 1. The molecule has 2 heterocycles. The summed E-state index contributed by atoms with van der Waals surface area (Å²) < 4.78 is 303. The highest BCUT2D eigenvalue weighted by Crippen LogP contribution is 2.45. The van der Waals surface area contributed by atoms with E-state index in [0.717, 1.165) is 0 Å². The summed E-state index contributed by atoms with van der Waals surface area (Å²) in [6, 6.07) is -30.6. The molecule has 2 heteroatoms. The smallest absolute Gasteiger partial charge is 0.136 e. The summed E-state index contributed by atoms with van der Waals surface area (Å²) in [5, 5.41) is -5.87. The summed E-state index contributed by atoms with van der Waals surface area (Å²) in [5.41, 5.74) is -9.08. The fourth-order valence-electron chi connectivity index (χ4n) is 6.81. The van der Waals surface area contributed by atoms with Crippen LogP contribution in [0.4, 0.5) is 0 Å². The van der Waals surface area contributed by atoms with E-state index in [1.54, 1.807) is 0 Å². The summed E-state index contributed by atoms with van der Waals surface area (Å²) in [7, 11) is 0. The van der Waals surface area contributed by atoms with Crippen molar-refractivity contribution in [2.75, 3.05) is 0 Å². The van der Waals surface area contributed by atoms with Crippen molar-refractivity contribution in [3.05, 3.63) is 193 Å². The average Bonchev–Trinajstić information content (AvgIpc) is 1.41. The normalized spacial score (nSPS) is 19.9. The molecule has 0 spiro atoms. The monoisotopic (exact) mass is 744 g/mol.